The molecule has 0 bridgehead atoms. The van der Waals surface area contributed by atoms with E-state index in [2.05, 4.69) is 26.6 Å². The van der Waals surface area contributed by atoms with Crippen molar-refractivity contribution in [3.8, 4) is 0 Å². The van der Waals surface area contributed by atoms with Crippen molar-refractivity contribution < 1.29 is 5.11 Å². The van der Waals surface area contributed by atoms with Crippen molar-refractivity contribution in [2.24, 2.45) is 10.7 Å². The van der Waals surface area contributed by atoms with Crippen LogP contribution < -0.4 is 5.73 Å². The van der Waals surface area contributed by atoms with Gasteiger partial charge in [0.05, 0.1) is 12.2 Å². The van der Waals surface area contributed by atoms with Gasteiger partial charge >= 0.3 is 0 Å². The van der Waals surface area contributed by atoms with Crippen molar-refractivity contribution in [3.63, 3.8) is 0 Å². The van der Waals surface area contributed by atoms with E-state index in [0.717, 1.165) is 22.5 Å². The summed E-state index contributed by atoms with van der Waals surface area (Å²) < 4.78 is 2.08. The Balaban J connectivity index is 1.90. The molecule has 1 fully saturated rings. The first kappa shape index (κ1) is 14.8. The average Bonchev–Trinajstić information content (AvgIpc) is 3.28. The molecule has 5 heteroatoms. The molecule has 22 heavy (non-hydrogen) atoms. The van der Waals surface area contributed by atoms with E-state index in [-0.39, 0.29) is 6.61 Å². The zero-order valence-corrected chi connectivity index (χ0v) is 12.9. The number of nitrogens with two attached hydrogens (primary N) is 1. The molecule has 5 nitrogen and oxygen atoms in total. The quantitative estimate of drug-likeness (QED) is 0.803. The molecule has 0 aromatic carbocycles. The van der Waals surface area contributed by atoms with Crippen LogP contribution in [0.1, 0.15) is 42.5 Å². The van der Waals surface area contributed by atoms with Crippen LogP contribution in [0.2, 0.25) is 0 Å². The predicted octanol–water partition coefficient (Wildman–Crippen LogP) is 2.18. The number of hydrogen-bond donors (Lipinski definition) is 2. The molecule has 3 rings (SSSR count). The number of aliphatic hydroxyl groups is 1. The van der Waals surface area contributed by atoms with E-state index >= 15 is 0 Å². The molecule has 2 aromatic rings. The SMILES string of the molecule is C/C(C=NCc1cn2cc(C3CC3)cc(CCO)c2n1)=C/N. The van der Waals surface area contributed by atoms with Gasteiger partial charge in [-0.3, -0.25) is 4.99 Å². The number of fused-ring (bicyclic) bond motifs is 1. The minimum absolute atomic E-state index is 0.143. The Bertz CT molecular complexity index is 726. The second kappa shape index (κ2) is 6.32. The van der Waals surface area contributed by atoms with E-state index < -0.39 is 0 Å². The molecule has 0 unspecified atom stereocenters. The average molecular weight is 298 g/mol. The lowest BCUT2D eigenvalue weighted by Gasteiger charge is -2.06. The Morgan fingerprint density at radius 3 is 3.00 bits per heavy atom. The number of pyridine rings is 1. The van der Waals surface area contributed by atoms with Gasteiger partial charge in [0.25, 0.3) is 0 Å². The van der Waals surface area contributed by atoms with Crippen LogP contribution in [0.3, 0.4) is 0 Å². The van der Waals surface area contributed by atoms with Crippen molar-refractivity contribution in [1.29, 1.82) is 0 Å². The number of allylic oxidation sites excluding steroid dienone is 1. The van der Waals surface area contributed by atoms with Crippen LogP contribution in [-0.2, 0) is 13.0 Å². The fourth-order valence-electron chi connectivity index (χ4n) is 2.59. The van der Waals surface area contributed by atoms with Crippen LogP contribution in [0, 0.1) is 0 Å². The van der Waals surface area contributed by atoms with Gasteiger partial charge in [-0.25, -0.2) is 4.98 Å². The first-order valence-electron chi connectivity index (χ1n) is 7.71. The van der Waals surface area contributed by atoms with E-state index in [1.807, 2.05) is 13.1 Å². The topological polar surface area (TPSA) is 75.9 Å². The summed E-state index contributed by atoms with van der Waals surface area (Å²) in [6.45, 7) is 2.59. The number of imidazole rings is 1. The number of aliphatic imine (C=N–C) groups is 1. The predicted molar refractivity (Wildman–Crippen MR) is 88.1 cm³/mol. The summed E-state index contributed by atoms with van der Waals surface area (Å²) in [5.41, 5.74) is 10.7. The highest BCUT2D eigenvalue weighted by Gasteiger charge is 2.24. The molecule has 1 aliphatic rings. The molecule has 0 saturated heterocycles. The molecule has 1 saturated carbocycles. The lowest BCUT2D eigenvalue weighted by atomic mass is 10.1. The van der Waals surface area contributed by atoms with Gasteiger partial charge in [-0.15, -0.1) is 0 Å². The molecule has 2 heterocycles. The van der Waals surface area contributed by atoms with Crippen LogP contribution in [0.5, 0.6) is 0 Å². The van der Waals surface area contributed by atoms with Gasteiger partial charge in [0.2, 0.25) is 0 Å². The van der Waals surface area contributed by atoms with E-state index in [1.54, 1.807) is 6.21 Å². The first-order valence-corrected chi connectivity index (χ1v) is 7.71. The zero-order chi connectivity index (χ0) is 15.5. The molecule has 0 radical (unpaired) electrons. The first-order chi connectivity index (χ1) is 10.7. The molecule has 0 amide bonds. The number of aromatic nitrogens is 2. The molecule has 1 aliphatic carbocycles. The van der Waals surface area contributed by atoms with Gasteiger partial charge in [-0.05, 0) is 55.0 Å². The number of hydrogen-bond acceptors (Lipinski definition) is 4. The van der Waals surface area contributed by atoms with E-state index in [0.29, 0.717) is 18.9 Å². The monoisotopic (exact) mass is 298 g/mol. The van der Waals surface area contributed by atoms with Gasteiger partial charge in [0.1, 0.15) is 5.65 Å². The highest BCUT2D eigenvalue weighted by molar-refractivity contribution is 5.77. The third kappa shape index (κ3) is 3.20. The third-order valence-corrected chi connectivity index (χ3v) is 3.94. The van der Waals surface area contributed by atoms with Crippen LogP contribution >= 0.6 is 0 Å². The summed E-state index contributed by atoms with van der Waals surface area (Å²) in [6.07, 6.45) is 10.7. The summed E-state index contributed by atoms with van der Waals surface area (Å²) in [5.74, 6) is 0.683. The molecule has 0 atom stereocenters. The van der Waals surface area contributed by atoms with E-state index in [4.69, 9.17) is 5.73 Å². The summed E-state index contributed by atoms with van der Waals surface area (Å²) in [5, 5.41) is 9.28. The van der Waals surface area contributed by atoms with Crippen molar-refractivity contribution in [1.82, 2.24) is 9.38 Å². The molecular weight excluding hydrogens is 276 g/mol. The van der Waals surface area contributed by atoms with Crippen molar-refractivity contribution in [2.75, 3.05) is 6.61 Å². The maximum Gasteiger partial charge on any atom is 0.140 e. The molecule has 3 N–H and O–H groups in total. The normalized spacial score (nSPS) is 16.0. The highest BCUT2D eigenvalue weighted by Crippen LogP contribution is 2.40. The molecule has 2 aromatic heterocycles. The lowest BCUT2D eigenvalue weighted by molar-refractivity contribution is 0.300. The Hall–Kier alpha value is -2.14. The van der Waals surface area contributed by atoms with E-state index in [9.17, 15) is 5.11 Å². The van der Waals surface area contributed by atoms with Crippen molar-refractivity contribution in [3.05, 3.63) is 47.1 Å². The molecule has 0 spiro atoms. The maximum atomic E-state index is 9.28. The summed E-state index contributed by atoms with van der Waals surface area (Å²) in [7, 11) is 0. The van der Waals surface area contributed by atoms with Gasteiger partial charge in [0.15, 0.2) is 0 Å². The minimum Gasteiger partial charge on any atom is -0.404 e. The summed E-state index contributed by atoms with van der Waals surface area (Å²) >= 11 is 0. The van der Waals surface area contributed by atoms with Crippen LogP contribution in [0.15, 0.2) is 35.2 Å². The Labute approximate surface area is 130 Å². The summed E-state index contributed by atoms with van der Waals surface area (Å²) in [6, 6.07) is 2.20. The van der Waals surface area contributed by atoms with Crippen molar-refractivity contribution in [2.45, 2.75) is 38.6 Å². The third-order valence-electron chi connectivity index (χ3n) is 3.94. The highest BCUT2D eigenvalue weighted by atomic mass is 16.2. The van der Waals surface area contributed by atoms with Gasteiger partial charge in [-0.2, -0.15) is 0 Å². The fourth-order valence-corrected chi connectivity index (χ4v) is 2.59. The molecule has 0 aliphatic heterocycles. The Morgan fingerprint density at radius 2 is 2.32 bits per heavy atom. The number of nitrogens with zero attached hydrogens (tertiary/aromatic N) is 3. The number of rotatable bonds is 6. The van der Waals surface area contributed by atoms with Crippen LogP contribution in [0.25, 0.3) is 5.65 Å². The van der Waals surface area contributed by atoms with Crippen LogP contribution in [0.4, 0.5) is 0 Å². The fraction of sp³-hybridized carbons (Fsp3) is 0.412. The van der Waals surface area contributed by atoms with Gasteiger partial charge < -0.3 is 15.2 Å². The standard InChI is InChI=1S/C17H22N4O/c1-12(7-18)8-19-9-16-11-21-10-15(13-2-3-13)6-14(4-5-22)17(21)20-16/h6-8,10-11,13,22H,2-5,9,18H2,1H3/b12-7-,19-8?. The second-order valence-electron chi connectivity index (χ2n) is 5.89. The largest absolute Gasteiger partial charge is 0.404 e. The van der Waals surface area contributed by atoms with E-state index in [1.165, 1.54) is 24.6 Å². The maximum absolute atomic E-state index is 9.28. The summed E-state index contributed by atoms with van der Waals surface area (Å²) in [4.78, 5) is 9.02. The molecular formula is C17H22N4O. The lowest BCUT2D eigenvalue weighted by Crippen LogP contribution is -1.98. The smallest absolute Gasteiger partial charge is 0.140 e. The Morgan fingerprint density at radius 1 is 1.50 bits per heavy atom. The van der Waals surface area contributed by atoms with Gasteiger partial charge in [-0.1, -0.05) is 6.07 Å². The second-order valence-corrected chi connectivity index (χ2v) is 5.89. The van der Waals surface area contributed by atoms with Gasteiger partial charge in [0, 0.05) is 25.2 Å². The zero-order valence-electron chi connectivity index (χ0n) is 12.9. The minimum atomic E-state index is 0.143. The van der Waals surface area contributed by atoms with Crippen molar-refractivity contribution >= 4 is 11.9 Å². The number of aliphatic hydroxyl groups excluding tert-OH is 1. The molecule has 116 valence electrons. The Kier molecular flexibility index (Phi) is 4.24. The van der Waals surface area contributed by atoms with Crippen LogP contribution in [-0.4, -0.2) is 27.3 Å².